The molecular formula is C15H23NS. The lowest BCUT2D eigenvalue weighted by atomic mass is 10.1. The molecule has 0 saturated carbocycles. The highest BCUT2D eigenvalue weighted by molar-refractivity contribution is 8.00. The molecule has 0 aliphatic heterocycles. The second-order valence-corrected chi connectivity index (χ2v) is 5.75. The molecule has 2 heteroatoms. The lowest BCUT2D eigenvalue weighted by Gasteiger charge is -2.14. The van der Waals surface area contributed by atoms with Crippen LogP contribution in [-0.2, 0) is 0 Å². The van der Waals surface area contributed by atoms with Gasteiger partial charge in [-0.15, -0.1) is 18.3 Å². The number of thioether (sulfide) groups is 1. The monoisotopic (exact) mass is 249 g/mol. The highest BCUT2D eigenvalue weighted by Crippen LogP contribution is 2.25. The Kier molecular flexibility index (Phi) is 6.38. The van der Waals surface area contributed by atoms with Crippen LogP contribution < -0.4 is 5.32 Å². The van der Waals surface area contributed by atoms with E-state index in [-0.39, 0.29) is 0 Å². The number of rotatable bonds is 7. The molecule has 1 N–H and O–H groups in total. The van der Waals surface area contributed by atoms with Gasteiger partial charge in [-0.25, -0.2) is 0 Å². The normalized spacial score (nSPS) is 14.3. The smallest absolute Gasteiger partial charge is 0.0291 e. The van der Waals surface area contributed by atoms with E-state index < -0.39 is 0 Å². The molecule has 1 nitrogen and oxygen atoms in total. The molecule has 0 aliphatic carbocycles. The molecule has 1 aromatic carbocycles. The van der Waals surface area contributed by atoms with Crippen LogP contribution in [0.25, 0.3) is 0 Å². The molecule has 0 aromatic heterocycles. The van der Waals surface area contributed by atoms with E-state index in [1.165, 1.54) is 16.9 Å². The first-order chi connectivity index (χ1) is 8.17. The molecule has 0 aliphatic rings. The SMILES string of the molecule is C=CC(C)Sc1ccc(C(C)NCCC)cc1. The van der Waals surface area contributed by atoms with Gasteiger partial charge in [0.2, 0.25) is 0 Å². The fourth-order valence-electron chi connectivity index (χ4n) is 1.58. The third kappa shape index (κ3) is 4.97. The molecule has 0 fully saturated rings. The lowest BCUT2D eigenvalue weighted by Crippen LogP contribution is -2.19. The topological polar surface area (TPSA) is 12.0 Å². The summed E-state index contributed by atoms with van der Waals surface area (Å²) in [6.45, 7) is 11.4. The summed E-state index contributed by atoms with van der Waals surface area (Å²) < 4.78 is 0. The van der Waals surface area contributed by atoms with Crippen molar-refractivity contribution in [3.63, 3.8) is 0 Å². The Balaban J connectivity index is 2.57. The summed E-state index contributed by atoms with van der Waals surface area (Å²) in [4.78, 5) is 1.31. The maximum atomic E-state index is 3.81. The van der Waals surface area contributed by atoms with Gasteiger partial charge in [-0.2, -0.15) is 0 Å². The van der Waals surface area contributed by atoms with E-state index in [0.29, 0.717) is 11.3 Å². The average Bonchev–Trinajstić information content (AvgIpc) is 2.36. The van der Waals surface area contributed by atoms with Gasteiger partial charge in [-0.1, -0.05) is 25.1 Å². The number of hydrogen-bond acceptors (Lipinski definition) is 2. The van der Waals surface area contributed by atoms with Crippen molar-refractivity contribution in [2.45, 2.75) is 43.4 Å². The third-order valence-electron chi connectivity index (χ3n) is 2.73. The van der Waals surface area contributed by atoms with E-state index in [2.05, 4.69) is 56.9 Å². The van der Waals surface area contributed by atoms with Crippen LogP contribution in [0.4, 0.5) is 0 Å². The maximum Gasteiger partial charge on any atom is 0.0291 e. The van der Waals surface area contributed by atoms with Crippen molar-refractivity contribution in [1.29, 1.82) is 0 Å². The Morgan fingerprint density at radius 2 is 1.94 bits per heavy atom. The Morgan fingerprint density at radius 3 is 2.47 bits per heavy atom. The van der Waals surface area contributed by atoms with Crippen LogP contribution >= 0.6 is 11.8 Å². The van der Waals surface area contributed by atoms with Gasteiger partial charge in [0.05, 0.1) is 0 Å². The van der Waals surface area contributed by atoms with Gasteiger partial charge >= 0.3 is 0 Å². The quantitative estimate of drug-likeness (QED) is 0.567. The van der Waals surface area contributed by atoms with Gasteiger partial charge in [0.15, 0.2) is 0 Å². The molecule has 17 heavy (non-hydrogen) atoms. The number of nitrogens with one attached hydrogen (secondary N) is 1. The van der Waals surface area contributed by atoms with Crippen molar-refractivity contribution in [3.8, 4) is 0 Å². The Hall–Kier alpha value is -0.730. The van der Waals surface area contributed by atoms with Crippen molar-refractivity contribution < 1.29 is 0 Å². The van der Waals surface area contributed by atoms with Crippen LogP contribution in [0.2, 0.25) is 0 Å². The van der Waals surface area contributed by atoms with Crippen LogP contribution in [-0.4, -0.2) is 11.8 Å². The molecule has 2 atom stereocenters. The Morgan fingerprint density at radius 1 is 1.29 bits per heavy atom. The van der Waals surface area contributed by atoms with Crippen LogP contribution in [0, 0.1) is 0 Å². The lowest BCUT2D eigenvalue weighted by molar-refractivity contribution is 0.570. The first-order valence-electron chi connectivity index (χ1n) is 6.30. The summed E-state index contributed by atoms with van der Waals surface area (Å²) in [6.07, 6.45) is 3.15. The molecule has 0 saturated heterocycles. The van der Waals surface area contributed by atoms with Crippen LogP contribution in [0.1, 0.15) is 38.8 Å². The standard InChI is InChI=1S/C15H23NS/c1-5-11-16-13(4)14-7-9-15(10-8-14)17-12(3)6-2/h6-10,12-13,16H,2,5,11H2,1,3-4H3. The predicted molar refractivity (Wildman–Crippen MR) is 78.7 cm³/mol. The summed E-state index contributed by atoms with van der Waals surface area (Å²) in [6, 6.07) is 9.26. The van der Waals surface area contributed by atoms with Gasteiger partial charge in [0.25, 0.3) is 0 Å². The minimum Gasteiger partial charge on any atom is -0.310 e. The molecule has 0 bridgehead atoms. The zero-order valence-corrected chi connectivity index (χ0v) is 11.9. The summed E-state index contributed by atoms with van der Waals surface area (Å²) in [5, 5.41) is 3.97. The van der Waals surface area contributed by atoms with Crippen LogP contribution in [0.3, 0.4) is 0 Å². The first-order valence-corrected chi connectivity index (χ1v) is 7.18. The van der Waals surface area contributed by atoms with Crippen molar-refractivity contribution in [1.82, 2.24) is 5.32 Å². The van der Waals surface area contributed by atoms with E-state index in [4.69, 9.17) is 0 Å². The van der Waals surface area contributed by atoms with E-state index in [0.717, 1.165) is 6.54 Å². The van der Waals surface area contributed by atoms with E-state index in [9.17, 15) is 0 Å². The van der Waals surface area contributed by atoms with Crippen molar-refractivity contribution in [2.24, 2.45) is 0 Å². The zero-order chi connectivity index (χ0) is 12.7. The molecule has 1 rings (SSSR count). The highest BCUT2D eigenvalue weighted by Gasteiger charge is 2.04. The second-order valence-electron chi connectivity index (χ2n) is 4.30. The molecule has 1 aromatic rings. The third-order valence-corrected chi connectivity index (χ3v) is 3.84. The zero-order valence-electron chi connectivity index (χ0n) is 11.1. The summed E-state index contributed by atoms with van der Waals surface area (Å²) in [5.74, 6) is 0. The van der Waals surface area contributed by atoms with Gasteiger partial charge in [0, 0.05) is 16.2 Å². The maximum absolute atomic E-state index is 3.81. The van der Waals surface area contributed by atoms with Gasteiger partial charge < -0.3 is 5.32 Å². The molecule has 0 radical (unpaired) electrons. The fourth-order valence-corrected chi connectivity index (χ4v) is 2.40. The average molecular weight is 249 g/mol. The van der Waals surface area contributed by atoms with E-state index >= 15 is 0 Å². The summed E-state index contributed by atoms with van der Waals surface area (Å²) in [5.41, 5.74) is 1.36. The minimum atomic E-state index is 0.436. The molecule has 0 heterocycles. The van der Waals surface area contributed by atoms with E-state index in [1.54, 1.807) is 0 Å². The molecular weight excluding hydrogens is 226 g/mol. The largest absolute Gasteiger partial charge is 0.310 e. The molecule has 0 spiro atoms. The van der Waals surface area contributed by atoms with Gasteiger partial charge in [-0.05, 0) is 44.5 Å². The summed E-state index contributed by atoms with van der Waals surface area (Å²) >= 11 is 1.84. The van der Waals surface area contributed by atoms with Crippen molar-refractivity contribution in [3.05, 3.63) is 42.5 Å². The van der Waals surface area contributed by atoms with Gasteiger partial charge in [0.1, 0.15) is 0 Å². The Bertz CT molecular complexity index is 331. The predicted octanol–water partition coefficient (Wildman–Crippen LogP) is 4.41. The van der Waals surface area contributed by atoms with Crippen LogP contribution in [0.15, 0.2) is 41.8 Å². The number of hydrogen-bond donors (Lipinski definition) is 1. The first kappa shape index (κ1) is 14.3. The molecule has 94 valence electrons. The van der Waals surface area contributed by atoms with E-state index in [1.807, 2.05) is 17.8 Å². The summed E-state index contributed by atoms with van der Waals surface area (Å²) in [7, 11) is 0. The second kappa shape index (κ2) is 7.57. The Labute approximate surface area is 110 Å². The highest BCUT2D eigenvalue weighted by atomic mass is 32.2. The number of benzene rings is 1. The van der Waals surface area contributed by atoms with Crippen molar-refractivity contribution in [2.75, 3.05) is 6.54 Å². The van der Waals surface area contributed by atoms with Gasteiger partial charge in [-0.3, -0.25) is 0 Å². The minimum absolute atomic E-state index is 0.436. The molecule has 0 amide bonds. The fraction of sp³-hybridized carbons (Fsp3) is 0.467. The van der Waals surface area contributed by atoms with Crippen molar-refractivity contribution >= 4 is 11.8 Å². The van der Waals surface area contributed by atoms with Crippen LogP contribution in [0.5, 0.6) is 0 Å². The molecule has 2 unspecified atom stereocenters.